The SMILES string of the molecule is CC(C)OC(=O)NC(=O)c1ccsc1NC(=O)c1cc2ccccn2n1. The van der Waals surface area contributed by atoms with Crippen LogP contribution in [0, 0.1) is 0 Å². The Morgan fingerprint density at radius 3 is 2.73 bits per heavy atom. The molecule has 0 radical (unpaired) electrons. The number of rotatable bonds is 4. The van der Waals surface area contributed by atoms with Crippen LogP contribution in [-0.2, 0) is 4.74 Å². The number of amides is 3. The number of alkyl carbamates (subject to hydrolysis) is 1. The topological polar surface area (TPSA) is 102 Å². The van der Waals surface area contributed by atoms with E-state index >= 15 is 0 Å². The lowest BCUT2D eigenvalue weighted by molar-refractivity contribution is 0.0877. The van der Waals surface area contributed by atoms with Gasteiger partial charge in [0.25, 0.3) is 11.8 Å². The first kappa shape index (κ1) is 17.6. The van der Waals surface area contributed by atoms with Gasteiger partial charge in [-0.25, -0.2) is 9.31 Å². The zero-order valence-electron chi connectivity index (χ0n) is 14.1. The van der Waals surface area contributed by atoms with Crippen LogP contribution in [0.2, 0.25) is 0 Å². The smallest absolute Gasteiger partial charge is 0.414 e. The van der Waals surface area contributed by atoms with Crippen molar-refractivity contribution >= 4 is 39.8 Å². The van der Waals surface area contributed by atoms with E-state index in [9.17, 15) is 14.4 Å². The number of imide groups is 1. The zero-order chi connectivity index (χ0) is 18.7. The van der Waals surface area contributed by atoms with Crippen molar-refractivity contribution in [1.82, 2.24) is 14.9 Å². The van der Waals surface area contributed by atoms with Crippen molar-refractivity contribution in [1.29, 1.82) is 0 Å². The third-order valence-corrected chi connectivity index (χ3v) is 4.13. The van der Waals surface area contributed by atoms with E-state index in [4.69, 9.17) is 4.74 Å². The van der Waals surface area contributed by atoms with Crippen LogP contribution in [0.5, 0.6) is 0 Å². The summed E-state index contributed by atoms with van der Waals surface area (Å²) in [6.07, 6.45) is 0.546. The van der Waals surface area contributed by atoms with E-state index in [2.05, 4.69) is 15.7 Å². The minimum absolute atomic E-state index is 0.174. The lowest BCUT2D eigenvalue weighted by atomic mass is 10.3. The molecule has 3 aromatic heterocycles. The average molecular weight is 372 g/mol. The number of carbonyl (C=O) groups excluding carboxylic acids is 3. The summed E-state index contributed by atoms with van der Waals surface area (Å²) in [5.74, 6) is -1.10. The van der Waals surface area contributed by atoms with Crippen LogP contribution >= 0.6 is 11.3 Å². The fraction of sp³-hybridized carbons (Fsp3) is 0.176. The highest BCUT2D eigenvalue weighted by Crippen LogP contribution is 2.24. The summed E-state index contributed by atoms with van der Waals surface area (Å²) in [4.78, 5) is 36.2. The third-order valence-electron chi connectivity index (χ3n) is 3.30. The Morgan fingerprint density at radius 1 is 1.19 bits per heavy atom. The van der Waals surface area contributed by atoms with E-state index in [0.29, 0.717) is 5.00 Å². The Kier molecular flexibility index (Phi) is 4.99. The Hall–Kier alpha value is -3.20. The van der Waals surface area contributed by atoms with Crippen LogP contribution in [-0.4, -0.2) is 33.6 Å². The number of nitrogens with zero attached hydrogens (tertiary/aromatic N) is 2. The second-order valence-electron chi connectivity index (χ2n) is 5.63. The second-order valence-corrected chi connectivity index (χ2v) is 6.54. The summed E-state index contributed by atoms with van der Waals surface area (Å²) >= 11 is 1.17. The highest BCUT2D eigenvalue weighted by Gasteiger charge is 2.20. The molecule has 3 heterocycles. The van der Waals surface area contributed by atoms with Crippen molar-refractivity contribution in [3.05, 3.63) is 53.2 Å². The Morgan fingerprint density at radius 2 is 2.00 bits per heavy atom. The van der Waals surface area contributed by atoms with Crippen molar-refractivity contribution in [2.24, 2.45) is 0 Å². The van der Waals surface area contributed by atoms with Crippen LogP contribution < -0.4 is 10.6 Å². The summed E-state index contributed by atoms with van der Waals surface area (Å²) in [5, 5.41) is 10.9. The highest BCUT2D eigenvalue weighted by molar-refractivity contribution is 7.14. The molecule has 0 saturated carbocycles. The van der Waals surface area contributed by atoms with E-state index in [-0.39, 0.29) is 17.4 Å². The number of thiophene rings is 1. The summed E-state index contributed by atoms with van der Waals surface area (Å²) in [6, 6.07) is 8.63. The van der Waals surface area contributed by atoms with Crippen LogP contribution in [0.15, 0.2) is 41.9 Å². The van der Waals surface area contributed by atoms with E-state index in [0.717, 1.165) is 5.52 Å². The fourth-order valence-electron chi connectivity index (χ4n) is 2.20. The summed E-state index contributed by atoms with van der Waals surface area (Å²) in [6.45, 7) is 3.35. The van der Waals surface area contributed by atoms with E-state index in [1.54, 1.807) is 42.1 Å². The van der Waals surface area contributed by atoms with Gasteiger partial charge in [0.15, 0.2) is 5.69 Å². The molecule has 0 fully saturated rings. The van der Waals surface area contributed by atoms with Gasteiger partial charge in [-0.3, -0.25) is 14.9 Å². The molecule has 8 nitrogen and oxygen atoms in total. The predicted octanol–water partition coefficient (Wildman–Crippen LogP) is 2.92. The summed E-state index contributed by atoms with van der Waals surface area (Å²) in [7, 11) is 0. The molecule has 2 N–H and O–H groups in total. The molecule has 0 aliphatic rings. The van der Waals surface area contributed by atoms with E-state index < -0.39 is 17.9 Å². The zero-order valence-corrected chi connectivity index (χ0v) is 14.9. The number of hydrogen-bond donors (Lipinski definition) is 2. The first-order valence-electron chi connectivity index (χ1n) is 7.79. The monoisotopic (exact) mass is 372 g/mol. The number of anilines is 1. The molecule has 0 atom stereocenters. The number of carbonyl (C=O) groups is 3. The van der Waals surface area contributed by atoms with E-state index in [1.807, 2.05) is 12.1 Å². The molecule has 0 spiro atoms. The molecule has 0 bridgehead atoms. The molecule has 0 aromatic carbocycles. The minimum atomic E-state index is -0.839. The maximum Gasteiger partial charge on any atom is 0.414 e. The van der Waals surface area contributed by atoms with Crippen LogP contribution in [0.25, 0.3) is 5.52 Å². The number of pyridine rings is 1. The Balaban J connectivity index is 1.72. The summed E-state index contributed by atoms with van der Waals surface area (Å²) in [5.41, 5.74) is 1.17. The molecule has 9 heteroatoms. The van der Waals surface area contributed by atoms with Gasteiger partial charge in [-0.15, -0.1) is 11.3 Å². The lowest BCUT2D eigenvalue weighted by Gasteiger charge is -2.09. The molecule has 0 saturated heterocycles. The molecule has 3 amide bonds. The maximum absolute atomic E-state index is 12.4. The van der Waals surface area contributed by atoms with E-state index in [1.165, 1.54) is 17.4 Å². The van der Waals surface area contributed by atoms with Gasteiger partial charge in [0.1, 0.15) is 5.00 Å². The normalized spacial score (nSPS) is 10.7. The molecule has 0 unspecified atom stereocenters. The van der Waals surface area contributed by atoms with Gasteiger partial charge in [-0.05, 0) is 43.5 Å². The molecular weight excluding hydrogens is 356 g/mol. The van der Waals surface area contributed by atoms with Crippen LogP contribution in [0.3, 0.4) is 0 Å². The standard InChI is InChI=1S/C17H16N4O4S/c1-10(2)25-17(24)19-14(22)12-6-8-26-16(12)18-15(23)13-9-11-5-3-4-7-21(11)20-13/h3-10H,1-2H3,(H,18,23)(H,19,22,24). The van der Waals surface area contributed by atoms with Gasteiger partial charge in [0.05, 0.1) is 17.2 Å². The lowest BCUT2D eigenvalue weighted by Crippen LogP contribution is -2.33. The van der Waals surface area contributed by atoms with Crippen molar-refractivity contribution in [2.75, 3.05) is 5.32 Å². The van der Waals surface area contributed by atoms with Crippen molar-refractivity contribution in [3.63, 3.8) is 0 Å². The maximum atomic E-state index is 12.4. The van der Waals surface area contributed by atoms with Crippen LogP contribution in [0.1, 0.15) is 34.7 Å². The predicted molar refractivity (Wildman–Crippen MR) is 96.5 cm³/mol. The molecule has 26 heavy (non-hydrogen) atoms. The number of fused-ring (bicyclic) bond motifs is 1. The van der Waals surface area contributed by atoms with Gasteiger partial charge in [-0.1, -0.05) is 6.07 Å². The quantitative estimate of drug-likeness (QED) is 0.733. The largest absolute Gasteiger partial charge is 0.447 e. The number of hydrogen-bond acceptors (Lipinski definition) is 6. The molecule has 0 aliphatic heterocycles. The highest BCUT2D eigenvalue weighted by atomic mass is 32.1. The average Bonchev–Trinajstić information content (AvgIpc) is 3.20. The molecule has 3 rings (SSSR count). The number of nitrogens with one attached hydrogen (secondary N) is 2. The first-order valence-corrected chi connectivity index (χ1v) is 8.67. The van der Waals surface area contributed by atoms with Gasteiger partial charge in [0.2, 0.25) is 0 Å². The first-order chi connectivity index (χ1) is 12.4. The second kappa shape index (κ2) is 7.36. The van der Waals surface area contributed by atoms with Gasteiger partial charge >= 0.3 is 6.09 Å². The Bertz CT molecular complexity index is 943. The van der Waals surface area contributed by atoms with Crippen molar-refractivity contribution < 1.29 is 19.1 Å². The molecule has 134 valence electrons. The number of ether oxygens (including phenoxy) is 1. The Labute approximate surface area is 152 Å². The minimum Gasteiger partial charge on any atom is -0.447 e. The van der Waals surface area contributed by atoms with Crippen molar-refractivity contribution in [3.8, 4) is 0 Å². The van der Waals surface area contributed by atoms with Crippen LogP contribution in [0.4, 0.5) is 9.80 Å². The van der Waals surface area contributed by atoms with Gasteiger partial charge in [-0.2, -0.15) is 5.10 Å². The third kappa shape index (κ3) is 3.89. The van der Waals surface area contributed by atoms with Gasteiger partial charge in [0, 0.05) is 6.20 Å². The molecule has 3 aromatic rings. The number of aromatic nitrogens is 2. The van der Waals surface area contributed by atoms with Gasteiger partial charge < -0.3 is 10.1 Å². The molecule has 0 aliphatic carbocycles. The van der Waals surface area contributed by atoms with Crippen molar-refractivity contribution in [2.45, 2.75) is 20.0 Å². The molecular formula is C17H16N4O4S. The fourth-order valence-corrected chi connectivity index (χ4v) is 2.98. The summed E-state index contributed by atoms with van der Waals surface area (Å²) < 4.78 is 6.46.